The molecule has 0 atom stereocenters. The smallest absolute Gasteiger partial charge is 0.309 e. The molecule has 1 N–H and O–H groups in total. The van der Waals surface area contributed by atoms with Gasteiger partial charge >= 0.3 is 5.97 Å². The van der Waals surface area contributed by atoms with Gasteiger partial charge in [0.15, 0.2) is 0 Å². The largest absolute Gasteiger partial charge is 0.466 e. The first-order valence-corrected chi connectivity index (χ1v) is 12.4. The van der Waals surface area contributed by atoms with E-state index in [0.29, 0.717) is 38.1 Å². The average molecular weight is 484 g/mol. The molecule has 0 saturated carbocycles. The van der Waals surface area contributed by atoms with E-state index >= 15 is 0 Å². The van der Waals surface area contributed by atoms with Crippen LogP contribution in [0.4, 0.5) is 0 Å². The Morgan fingerprint density at radius 3 is 2.48 bits per heavy atom. The minimum absolute atomic E-state index is 0.0340. The van der Waals surface area contributed by atoms with Gasteiger partial charge in [0.1, 0.15) is 0 Å². The number of rotatable bonds is 10. The van der Waals surface area contributed by atoms with Gasteiger partial charge in [0, 0.05) is 39.4 Å². The quantitative estimate of drug-likeness (QED) is 0.386. The summed E-state index contributed by atoms with van der Waals surface area (Å²) >= 11 is 0. The molecule has 1 aromatic carbocycles. The number of esters is 1. The zero-order valence-corrected chi connectivity index (χ0v) is 20.4. The van der Waals surface area contributed by atoms with Crippen LogP contribution in [0.3, 0.4) is 0 Å². The molecule has 1 fully saturated rings. The number of benzene rings is 1. The Kier molecular flexibility index (Phi) is 9.81. The second kappa shape index (κ2) is 12.1. The molecule has 1 aliphatic heterocycles. The number of aryl methyl sites for hydroxylation is 1. The number of hydrogen-bond donors (Lipinski definition) is 1. The molecule has 11 heteroatoms. The summed E-state index contributed by atoms with van der Waals surface area (Å²) in [5, 5.41) is 0. The van der Waals surface area contributed by atoms with Crippen molar-refractivity contribution in [1.82, 2.24) is 14.5 Å². The summed E-state index contributed by atoms with van der Waals surface area (Å²) in [6.45, 7) is 4.82. The molecule has 0 bridgehead atoms. The first-order valence-electron chi connectivity index (χ1n) is 10.9. The molecule has 184 valence electrons. The predicted molar refractivity (Wildman–Crippen MR) is 121 cm³/mol. The van der Waals surface area contributed by atoms with Crippen LogP contribution in [0.5, 0.6) is 0 Å². The summed E-state index contributed by atoms with van der Waals surface area (Å²) in [5.74, 6) is -1.12. The molecule has 2 amide bonds. The predicted octanol–water partition coefficient (Wildman–Crippen LogP) is 0.793. The van der Waals surface area contributed by atoms with Crippen LogP contribution < -0.4 is 4.72 Å². The van der Waals surface area contributed by atoms with Gasteiger partial charge in [-0.25, -0.2) is 13.1 Å². The topological polar surface area (TPSA) is 122 Å². The Hall–Kier alpha value is -2.50. The highest BCUT2D eigenvalue weighted by Crippen LogP contribution is 2.20. The second-order valence-electron chi connectivity index (χ2n) is 7.94. The molecule has 1 heterocycles. The van der Waals surface area contributed by atoms with Gasteiger partial charge in [-0.3, -0.25) is 14.4 Å². The molecule has 0 aromatic heterocycles. The lowest BCUT2D eigenvalue weighted by atomic mass is 9.97. The number of piperidine rings is 1. The van der Waals surface area contributed by atoms with Gasteiger partial charge in [-0.15, -0.1) is 0 Å². The summed E-state index contributed by atoms with van der Waals surface area (Å²) in [7, 11) is -0.829. The zero-order valence-electron chi connectivity index (χ0n) is 19.6. The van der Waals surface area contributed by atoms with Crippen molar-refractivity contribution in [1.29, 1.82) is 0 Å². The van der Waals surface area contributed by atoms with E-state index in [4.69, 9.17) is 9.47 Å². The lowest BCUT2D eigenvalue weighted by Crippen LogP contribution is -2.45. The number of hydrogen-bond acceptors (Lipinski definition) is 7. The third kappa shape index (κ3) is 7.24. The molecule has 33 heavy (non-hydrogen) atoms. The number of likely N-dealkylation sites (N-methyl/N-ethyl adjacent to an activating group) is 1. The van der Waals surface area contributed by atoms with Crippen molar-refractivity contribution in [2.75, 3.05) is 53.6 Å². The number of sulfonamides is 1. The third-order valence-electron chi connectivity index (χ3n) is 5.53. The number of carbonyl (C=O) groups is 3. The van der Waals surface area contributed by atoms with E-state index in [2.05, 4.69) is 4.72 Å². The normalized spacial score (nSPS) is 14.7. The fraction of sp³-hybridized carbons (Fsp3) is 0.591. The number of nitrogens with one attached hydrogen (secondary N) is 1. The van der Waals surface area contributed by atoms with Crippen molar-refractivity contribution in [2.24, 2.45) is 5.92 Å². The Labute approximate surface area is 195 Å². The molecule has 0 unspecified atom stereocenters. The molecule has 0 aliphatic carbocycles. The maximum atomic E-state index is 13.0. The Balaban J connectivity index is 2.02. The first kappa shape index (κ1) is 26.7. The molecular formula is C22H33N3O7S. The van der Waals surface area contributed by atoms with Crippen molar-refractivity contribution < 1.29 is 32.3 Å². The summed E-state index contributed by atoms with van der Waals surface area (Å²) in [6.07, 6.45) is 1.05. The molecule has 1 aromatic rings. The van der Waals surface area contributed by atoms with Crippen LogP contribution >= 0.6 is 0 Å². The fourth-order valence-electron chi connectivity index (χ4n) is 3.57. The number of ether oxygens (including phenoxy) is 2. The molecule has 2 rings (SSSR count). The average Bonchev–Trinajstić information content (AvgIpc) is 2.79. The Bertz CT molecular complexity index is 957. The van der Waals surface area contributed by atoms with Crippen LogP contribution in [0, 0.1) is 12.8 Å². The lowest BCUT2D eigenvalue weighted by Gasteiger charge is -2.32. The van der Waals surface area contributed by atoms with Crippen molar-refractivity contribution >= 4 is 27.8 Å². The number of methoxy groups -OCH3 is 1. The van der Waals surface area contributed by atoms with Crippen LogP contribution in [-0.2, 0) is 29.1 Å². The summed E-state index contributed by atoms with van der Waals surface area (Å²) < 4.78 is 37.3. The van der Waals surface area contributed by atoms with Gasteiger partial charge in [0.25, 0.3) is 5.91 Å². The van der Waals surface area contributed by atoms with E-state index < -0.39 is 15.9 Å². The van der Waals surface area contributed by atoms with E-state index in [1.807, 2.05) is 0 Å². The summed E-state index contributed by atoms with van der Waals surface area (Å²) in [5.41, 5.74) is 0.811. The maximum absolute atomic E-state index is 13.0. The van der Waals surface area contributed by atoms with Crippen molar-refractivity contribution in [2.45, 2.75) is 31.6 Å². The van der Waals surface area contributed by atoms with E-state index in [0.717, 1.165) is 0 Å². The van der Waals surface area contributed by atoms with Crippen LogP contribution in [-0.4, -0.2) is 89.6 Å². The minimum atomic E-state index is -3.80. The van der Waals surface area contributed by atoms with E-state index in [9.17, 15) is 22.8 Å². The van der Waals surface area contributed by atoms with Crippen LogP contribution in [0.2, 0.25) is 0 Å². The van der Waals surface area contributed by atoms with Crippen LogP contribution in [0.25, 0.3) is 0 Å². The van der Waals surface area contributed by atoms with E-state index in [-0.39, 0.29) is 47.9 Å². The van der Waals surface area contributed by atoms with Gasteiger partial charge in [-0.05, 0) is 44.4 Å². The van der Waals surface area contributed by atoms with E-state index in [1.54, 1.807) is 24.8 Å². The summed E-state index contributed by atoms with van der Waals surface area (Å²) in [4.78, 5) is 40.4. The second-order valence-corrected chi connectivity index (χ2v) is 9.70. The van der Waals surface area contributed by atoms with Crippen molar-refractivity contribution in [3.63, 3.8) is 0 Å². The number of carbonyl (C=O) groups excluding carboxylic acids is 3. The number of nitrogens with zero attached hydrogens (tertiary/aromatic N) is 2. The first-order chi connectivity index (χ1) is 15.6. The van der Waals surface area contributed by atoms with Crippen LogP contribution in [0.15, 0.2) is 23.1 Å². The van der Waals surface area contributed by atoms with Gasteiger partial charge in [0.2, 0.25) is 15.9 Å². The summed E-state index contributed by atoms with van der Waals surface area (Å²) in [6, 6.07) is 4.31. The van der Waals surface area contributed by atoms with Crippen LogP contribution in [0.1, 0.15) is 35.7 Å². The molecule has 1 saturated heterocycles. The van der Waals surface area contributed by atoms with Crippen molar-refractivity contribution in [3.05, 3.63) is 29.3 Å². The van der Waals surface area contributed by atoms with E-state index in [1.165, 1.54) is 31.2 Å². The zero-order chi connectivity index (χ0) is 24.6. The van der Waals surface area contributed by atoms with Crippen molar-refractivity contribution in [3.8, 4) is 0 Å². The SMILES string of the molecule is CCOC(=O)C1CCN(C(=O)CN(C)C(=O)c2cc(S(=O)(=O)NCCOC)ccc2C)CC1. The molecule has 0 spiro atoms. The highest BCUT2D eigenvalue weighted by atomic mass is 32.2. The number of likely N-dealkylation sites (tertiary alicyclic amines) is 1. The highest BCUT2D eigenvalue weighted by Gasteiger charge is 2.29. The third-order valence-corrected chi connectivity index (χ3v) is 6.99. The lowest BCUT2D eigenvalue weighted by molar-refractivity contribution is -0.151. The number of amides is 2. The molecule has 1 aliphatic rings. The molecule has 10 nitrogen and oxygen atoms in total. The van der Waals surface area contributed by atoms with Gasteiger partial charge in [-0.1, -0.05) is 6.07 Å². The molecular weight excluding hydrogens is 450 g/mol. The van der Waals surface area contributed by atoms with Gasteiger partial charge in [0.05, 0.1) is 30.6 Å². The molecule has 0 radical (unpaired) electrons. The Morgan fingerprint density at radius 2 is 1.88 bits per heavy atom. The monoisotopic (exact) mass is 483 g/mol. The standard InChI is InChI=1S/C22H33N3O7S/c1-5-32-22(28)17-8-11-25(12-9-17)20(26)15-24(3)21(27)19-14-18(7-6-16(19)2)33(29,30)23-10-13-31-4/h6-7,14,17,23H,5,8-13,15H2,1-4H3. The maximum Gasteiger partial charge on any atom is 0.309 e. The van der Waals surface area contributed by atoms with Gasteiger partial charge in [-0.2, -0.15) is 0 Å². The van der Waals surface area contributed by atoms with Gasteiger partial charge < -0.3 is 19.3 Å². The Morgan fingerprint density at radius 1 is 1.21 bits per heavy atom. The highest BCUT2D eigenvalue weighted by molar-refractivity contribution is 7.89. The minimum Gasteiger partial charge on any atom is -0.466 e. The fourth-order valence-corrected chi connectivity index (χ4v) is 4.60.